The zero-order chi connectivity index (χ0) is 18.8. The first-order chi connectivity index (χ1) is 13.2. The van der Waals surface area contributed by atoms with Crippen LogP contribution in [0.5, 0.6) is 0 Å². The highest BCUT2D eigenvalue weighted by molar-refractivity contribution is 9.10. The molecule has 0 aliphatic carbocycles. The fourth-order valence-corrected chi connectivity index (χ4v) is 4.19. The van der Waals surface area contributed by atoms with E-state index in [0.717, 1.165) is 38.5 Å². The third-order valence-corrected chi connectivity index (χ3v) is 5.63. The van der Waals surface area contributed by atoms with Crippen LogP contribution in [0.1, 0.15) is 12.5 Å². The molecule has 0 amide bonds. The minimum atomic E-state index is -0.356. The molecule has 6 nitrogen and oxygen atoms in total. The van der Waals surface area contributed by atoms with E-state index in [1.54, 1.807) is 36.3 Å². The van der Waals surface area contributed by atoms with E-state index in [0.29, 0.717) is 11.3 Å². The van der Waals surface area contributed by atoms with E-state index in [-0.39, 0.29) is 5.63 Å². The SMILES string of the molecule is CCn1c(SCc2cc(=O)oc3cc(Br)ccc23)nnc1-c1ccncc1. The second-order valence-corrected chi connectivity index (χ2v) is 7.66. The number of halogens is 1. The molecule has 4 aromatic rings. The van der Waals surface area contributed by atoms with Gasteiger partial charge in [-0.25, -0.2) is 4.79 Å². The lowest BCUT2D eigenvalue weighted by molar-refractivity contribution is 0.559. The van der Waals surface area contributed by atoms with E-state index in [9.17, 15) is 4.79 Å². The summed E-state index contributed by atoms with van der Waals surface area (Å²) < 4.78 is 8.24. The highest BCUT2D eigenvalue weighted by Gasteiger charge is 2.14. The Morgan fingerprint density at radius 1 is 1.15 bits per heavy atom. The molecular weight excluding hydrogens is 428 g/mol. The molecule has 0 saturated carbocycles. The third kappa shape index (κ3) is 3.68. The molecule has 0 fully saturated rings. The summed E-state index contributed by atoms with van der Waals surface area (Å²) in [5.74, 6) is 1.40. The molecule has 0 radical (unpaired) electrons. The highest BCUT2D eigenvalue weighted by Crippen LogP contribution is 2.29. The molecule has 4 rings (SSSR count). The fourth-order valence-electron chi connectivity index (χ4n) is 2.86. The third-order valence-electron chi connectivity index (χ3n) is 4.12. The van der Waals surface area contributed by atoms with E-state index >= 15 is 0 Å². The summed E-state index contributed by atoms with van der Waals surface area (Å²) in [6.45, 7) is 2.81. The van der Waals surface area contributed by atoms with E-state index in [2.05, 4.69) is 42.6 Å². The molecular formula is C19H15BrN4O2S. The zero-order valence-electron chi connectivity index (χ0n) is 14.4. The van der Waals surface area contributed by atoms with Crippen molar-refractivity contribution >= 4 is 38.7 Å². The summed E-state index contributed by atoms with van der Waals surface area (Å²) in [6, 6.07) is 11.1. The Hall–Kier alpha value is -2.45. The molecule has 0 N–H and O–H groups in total. The molecule has 0 aliphatic heterocycles. The summed E-state index contributed by atoms with van der Waals surface area (Å²) in [5.41, 5.74) is 2.10. The van der Waals surface area contributed by atoms with Crippen LogP contribution in [-0.2, 0) is 12.3 Å². The topological polar surface area (TPSA) is 73.8 Å². The molecule has 0 atom stereocenters. The molecule has 3 heterocycles. The van der Waals surface area contributed by atoms with Gasteiger partial charge in [-0.05, 0) is 42.8 Å². The van der Waals surface area contributed by atoms with Crippen LogP contribution in [0.4, 0.5) is 0 Å². The maximum Gasteiger partial charge on any atom is 0.336 e. The first kappa shape index (κ1) is 17.9. The van der Waals surface area contributed by atoms with Crippen LogP contribution < -0.4 is 5.63 Å². The van der Waals surface area contributed by atoms with Crippen molar-refractivity contribution in [1.82, 2.24) is 19.7 Å². The minimum absolute atomic E-state index is 0.356. The smallest absolute Gasteiger partial charge is 0.336 e. The Morgan fingerprint density at radius 2 is 1.96 bits per heavy atom. The van der Waals surface area contributed by atoms with Crippen molar-refractivity contribution in [3.05, 3.63) is 69.2 Å². The fraction of sp³-hybridized carbons (Fsp3) is 0.158. The van der Waals surface area contributed by atoms with Crippen LogP contribution in [0.2, 0.25) is 0 Å². The second kappa shape index (κ2) is 7.66. The summed E-state index contributed by atoms with van der Waals surface area (Å²) in [4.78, 5) is 16.0. The van der Waals surface area contributed by atoms with Gasteiger partial charge in [-0.3, -0.25) is 4.98 Å². The number of hydrogen-bond donors (Lipinski definition) is 0. The molecule has 0 unspecified atom stereocenters. The zero-order valence-corrected chi connectivity index (χ0v) is 16.8. The van der Waals surface area contributed by atoms with Gasteiger partial charge in [0.1, 0.15) is 5.58 Å². The molecule has 0 saturated heterocycles. The number of pyridine rings is 1. The summed E-state index contributed by atoms with van der Waals surface area (Å²) >= 11 is 4.96. The highest BCUT2D eigenvalue weighted by atomic mass is 79.9. The van der Waals surface area contributed by atoms with Gasteiger partial charge in [0, 0.05) is 46.2 Å². The lowest BCUT2D eigenvalue weighted by atomic mass is 10.1. The van der Waals surface area contributed by atoms with Crippen LogP contribution in [0.3, 0.4) is 0 Å². The first-order valence-electron chi connectivity index (χ1n) is 8.34. The Morgan fingerprint density at radius 3 is 2.74 bits per heavy atom. The summed E-state index contributed by atoms with van der Waals surface area (Å²) in [5, 5.41) is 10.4. The lowest BCUT2D eigenvalue weighted by Gasteiger charge is -2.08. The minimum Gasteiger partial charge on any atom is -0.423 e. The van der Waals surface area contributed by atoms with E-state index in [1.807, 2.05) is 24.3 Å². The Labute approximate surface area is 167 Å². The predicted octanol–water partition coefficient (Wildman–Crippen LogP) is 4.52. The van der Waals surface area contributed by atoms with Gasteiger partial charge < -0.3 is 8.98 Å². The van der Waals surface area contributed by atoms with E-state index in [1.165, 1.54) is 0 Å². The lowest BCUT2D eigenvalue weighted by Crippen LogP contribution is -2.02. The van der Waals surface area contributed by atoms with Crippen molar-refractivity contribution in [1.29, 1.82) is 0 Å². The average Bonchev–Trinajstić information content (AvgIpc) is 3.09. The maximum atomic E-state index is 11.9. The largest absolute Gasteiger partial charge is 0.423 e. The van der Waals surface area contributed by atoms with Gasteiger partial charge in [0.05, 0.1) is 0 Å². The van der Waals surface area contributed by atoms with Gasteiger partial charge in [-0.15, -0.1) is 10.2 Å². The van der Waals surface area contributed by atoms with Gasteiger partial charge in [0.2, 0.25) is 0 Å². The molecule has 136 valence electrons. The van der Waals surface area contributed by atoms with Crippen molar-refractivity contribution < 1.29 is 4.42 Å². The van der Waals surface area contributed by atoms with Gasteiger partial charge in [0.25, 0.3) is 0 Å². The molecule has 1 aromatic carbocycles. The van der Waals surface area contributed by atoms with Crippen LogP contribution in [0.25, 0.3) is 22.4 Å². The monoisotopic (exact) mass is 442 g/mol. The van der Waals surface area contributed by atoms with Gasteiger partial charge in [-0.2, -0.15) is 0 Å². The molecule has 0 spiro atoms. The van der Waals surface area contributed by atoms with Crippen molar-refractivity contribution in [3.8, 4) is 11.4 Å². The van der Waals surface area contributed by atoms with Gasteiger partial charge >= 0.3 is 5.63 Å². The van der Waals surface area contributed by atoms with E-state index < -0.39 is 0 Å². The number of hydrogen-bond acceptors (Lipinski definition) is 6. The van der Waals surface area contributed by atoms with Gasteiger partial charge in [-0.1, -0.05) is 27.7 Å². The van der Waals surface area contributed by atoms with Gasteiger partial charge in [0.15, 0.2) is 11.0 Å². The number of benzene rings is 1. The van der Waals surface area contributed by atoms with Crippen LogP contribution in [0, 0.1) is 0 Å². The number of thioether (sulfide) groups is 1. The van der Waals surface area contributed by atoms with Crippen LogP contribution in [0.15, 0.2) is 67.6 Å². The number of rotatable bonds is 5. The number of nitrogens with zero attached hydrogens (tertiary/aromatic N) is 4. The summed E-state index contributed by atoms with van der Waals surface area (Å²) in [7, 11) is 0. The first-order valence-corrected chi connectivity index (χ1v) is 10.1. The number of aromatic nitrogens is 4. The Balaban J connectivity index is 1.66. The molecule has 8 heteroatoms. The Bertz CT molecular complexity index is 1160. The Kier molecular flexibility index (Phi) is 5.09. The van der Waals surface area contributed by atoms with Crippen LogP contribution in [-0.4, -0.2) is 19.7 Å². The molecule has 0 aliphatic rings. The molecule has 0 bridgehead atoms. The predicted molar refractivity (Wildman–Crippen MR) is 109 cm³/mol. The maximum absolute atomic E-state index is 11.9. The second-order valence-electron chi connectivity index (χ2n) is 5.81. The van der Waals surface area contributed by atoms with E-state index in [4.69, 9.17) is 4.42 Å². The molecule has 3 aromatic heterocycles. The van der Waals surface area contributed by atoms with Crippen molar-refractivity contribution in [2.45, 2.75) is 24.4 Å². The summed E-state index contributed by atoms with van der Waals surface area (Å²) in [6.07, 6.45) is 3.48. The number of fused-ring (bicyclic) bond motifs is 1. The van der Waals surface area contributed by atoms with Crippen molar-refractivity contribution in [2.75, 3.05) is 0 Å². The van der Waals surface area contributed by atoms with Crippen LogP contribution >= 0.6 is 27.7 Å². The van der Waals surface area contributed by atoms with Crippen molar-refractivity contribution in [2.24, 2.45) is 0 Å². The molecule has 27 heavy (non-hydrogen) atoms. The normalized spacial score (nSPS) is 11.2. The van der Waals surface area contributed by atoms with Crippen molar-refractivity contribution in [3.63, 3.8) is 0 Å². The average molecular weight is 443 g/mol. The standard InChI is InChI=1S/C19H15BrN4O2S/c1-2-24-18(12-5-7-21-8-6-12)22-23-19(24)27-11-13-9-17(25)26-16-10-14(20)3-4-15(13)16/h3-10H,2,11H2,1H3. The quantitative estimate of drug-likeness (QED) is 0.334.